The molecule has 28 heavy (non-hydrogen) atoms. The lowest BCUT2D eigenvalue weighted by Crippen LogP contribution is -2.18. The van der Waals surface area contributed by atoms with Crippen molar-refractivity contribution in [3.8, 4) is 22.8 Å². The molecule has 3 rings (SSSR count). The van der Waals surface area contributed by atoms with Crippen LogP contribution in [0.1, 0.15) is 5.56 Å². The smallest absolute Gasteiger partial charge is 0.276 e. The number of hydrogen-bond acceptors (Lipinski definition) is 6. The van der Waals surface area contributed by atoms with Crippen molar-refractivity contribution >= 4 is 32.2 Å². The Morgan fingerprint density at radius 3 is 2.50 bits per heavy atom. The summed E-state index contributed by atoms with van der Waals surface area (Å²) in [5.41, 5.74) is 2.05. The highest BCUT2D eigenvalue weighted by Gasteiger charge is 2.13. The number of ether oxygens (including phenoxy) is 2. The summed E-state index contributed by atoms with van der Waals surface area (Å²) in [7, 11) is -0.655. The van der Waals surface area contributed by atoms with Crippen molar-refractivity contribution in [2.75, 3.05) is 14.2 Å². The van der Waals surface area contributed by atoms with Gasteiger partial charge in [0.15, 0.2) is 11.5 Å². The van der Waals surface area contributed by atoms with E-state index >= 15 is 0 Å². The lowest BCUT2D eigenvalue weighted by Gasteiger charge is -2.09. The van der Waals surface area contributed by atoms with E-state index in [-0.39, 0.29) is 4.90 Å². The lowest BCUT2D eigenvalue weighted by atomic mass is 10.1. The number of sulfonamides is 1. The number of aromatic amines is 1. The minimum Gasteiger partial charge on any atom is -0.493 e. The number of nitrogens with zero attached hydrogens (tertiary/aromatic N) is 2. The molecular weight excluding hydrogens is 448 g/mol. The molecule has 2 N–H and O–H groups in total. The second kappa shape index (κ2) is 8.44. The van der Waals surface area contributed by atoms with Crippen LogP contribution in [0.2, 0.25) is 0 Å². The minimum atomic E-state index is -3.76. The second-order valence-corrected chi connectivity index (χ2v) is 8.15. The van der Waals surface area contributed by atoms with E-state index in [9.17, 15) is 8.42 Å². The Balaban J connectivity index is 1.82. The molecular formula is C18H17BrN4O4S. The van der Waals surface area contributed by atoms with E-state index in [2.05, 4.69) is 36.1 Å². The minimum absolute atomic E-state index is 0.111. The molecule has 0 amide bonds. The summed E-state index contributed by atoms with van der Waals surface area (Å²) in [5, 5.41) is 10.7. The normalized spacial score (nSPS) is 11.5. The van der Waals surface area contributed by atoms with E-state index in [0.29, 0.717) is 22.8 Å². The number of hydrazone groups is 1. The first-order valence-electron chi connectivity index (χ1n) is 8.01. The van der Waals surface area contributed by atoms with Gasteiger partial charge in [-0.1, -0.05) is 15.9 Å². The van der Waals surface area contributed by atoms with Crippen molar-refractivity contribution in [3.63, 3.8) is 0 Å². The van der Waals surface area contributed by atoms with Crippen LogP contribution in [-0.2, 0) is 10.0 Å². The second-order valence-electron chi connectivity index (χ2n) is 5.58. The van der Waals surface area contributed by atoms with Crippen molar-refractivity contribution in [1.29, 1.82) is 0 Å². The number of methoxy groups -OCH3 is 2. The van der Waals surface area contributed by atoms with Gasteiger partial charge in [-0.05, 0) is 42.5 Å². The third-order valence-electron chi connectivity index (χ3n) is 3.84. The zero-order chi connectivity index (χ0) is 20.1. The summed E-state index contributed by atoms with van der Waals surface area (Å²) in [6.45, 7) is 0. The first-order chi connectivity index (χ1) is 13.4. The van der Waals surface area contributed by atoms with E-state index in [1.807, 2.05) is 6.07 Å². The molecule has 1 heterocycles. The van der Waals surface area contributed by atoms with Crippen molar-refractivity contribution in [2.24, 2.45) is 5.10 Å². The largest absolute Gasteiger partial charge is 0.493 e. The van der Waals surface area contributed by atoms with Gasteiger partial charge in [0.2, 0.25) is 0 Å². The van der Waals surface area contributed by atoms with Crippen LogP contribution in [0.3, 0.4) is 0 Å². The van der Waals surface area contributed by atoms with Gasteiger partial charge in [-0.25, -0.2) is 4.83 Å². The molecule has 0 unspecified atom stereocenters. The maximum atomic E-state index is 12.3. The fourth-order valence-electron chi connectivity index (χ4n) is 2.45. The van der Waals surface area contributed by atoms with Gasteiger partial charge in [-0.3, -0.25) is 5.10 Å². The van der Waals surface area contributed by atoms with Crippen LogP contribution < -0.4 is 14.3 Å². The molecule has 0 fully saturated rings. The maximum Gasteiger partial charge on any atom is 0.276 e. The molecule has 0 aliphatic heterocycles. The number of nitrogens with one attached hydrogen (secondary N) is 2. The van der Waals surface area contributed by atoms with Crippen molar-refractivity contribution in [1.82, 2.24) is 15.0 Å². The third-order valence-corrected chi connectivity index (χ3v) is 5.61. The van der Waals surface area contributed by atoms with Crippen molar-refractivity contribution in [2.45, 2.75) is 4.90 Å². The van der Waals surface area contributed by atoms with Gasteiger partial charge in [0.25, 0.3) is 10.0 Å². The lowest BCUT2D eigenvalue weighted by molar-refractivity contribution is 0.355. The Morgan fingerprint density at radius 1 is 1.11 bits per heavy atom. The van der Waals surface area contributed by atoms with Gasteiger partial charge < -0.3 is 9.47 Å². The zero-order valence-electron chi connectivity index (χ0n) is 15.0. The summed E-state index contributed by atoms with van der Waals surface area (Å²) < 4.78 is 35.9. The average molecular weight is 465 g/mol. The van der Waals surface area contributed by atoms with Crippen LogP contribution in [0.25, 0.3) is 11.3 Å². The van der Waals surface area contributed by atoms with Gasteiger partial charge in [-0.2, -0.15) is 18.6 Å². The summed E-state index contributed by atoms with van der Waals surface area (Å²) >= 11 is 3.27. The first-order valence-corrected chi connectivity index (χ1v) is 10.3. The van der Waals surface area contributed by atoms with E-state index in [4.69, 9.17) is 9.47 Å². The number of H-pyrrole nitrogens is 1. The Morgan fingerprint density at radius 2 is 1.82 bits per heavy atom. The Labute approximate surface area is 170 Å². The van der Waals surface area contributed by atoms with Gasteiger partial charge in [0, 0.05) is 15.6 Å². The highest BCUT2D eigenvalue weighted by atomic mass is 79.9. The Bertz CT molecular complexity index is 1100. The number of hydrogen-bond donors (Lipinski definition) is 2. The van der Waals surface area contributed by atoms with Crippen LogP contribution in [0.4, 0.5) is 0 Å². The number of aromatic nitrogens is 2. The molecule has 0 spiro atoms. The highest BCUT2D eigenvalue weighted by molar-refractivity contribution is 9.10. The summed E-state index contributed by atoms with van der Waals surface area (Å²) in [6, 6.07) is 11.6. The fraction of sp³-hybridized carbons (Fsp3) is 0.111. The molecule has 3 aromatic rings. The van der Waals surface area contributed by atoms with Crippen LogP contribution >= 0.6 is 15.9 Å². The van der Waals surface area contributed by atoms with E-state index in [1.54, 1.807) is 44.7 Å². The van der Waals surface area contributed by atoms with Crippen molar-refractivity contribution < 1.29 is 17.9 Å². The average Bonchev–Trinajstić information content (AvgIpc) is 3.16. The standard InChI is InChI=1S/C18H17BrN4O4S/c1-26-16-8-3-12(9-17(16)27-2)18-13(10-20-22-18)11-21-23-28(24,25)15-6-4-14(19)5-7-15/h3-11,23H,1-2H3,(H,20,22)/b21-11-. The number of halogens is 1. The first kappa shape index (κ1) is 19.9. The highest BCUT2D eigenvalue weighted by Crippen LogP contribution is 2.32. The Hall–Kier alpha value is -2.85. The van der Waals surface area contributed by atoms with Gasteiger partial charge in [0.1, 0.15) is 0 Å². The van der Waals surface area contributed by atoms with Crippen LogP contribution in [0.5, 0.6) is 11.5 Å². The molecule has 0 radical (unpaired) electrons. The molecule has 1 aromatic heterocycles. The predicted molar refractivity (Wildman–Crippen MR) is 109 cm³/mol. The SMILES string of the molecule is COc1ccc(-c2[nH]ncc2/C=N\NS(=O)(=O)c2ccc(Br)cc2)cc1OC. The monoisotopic (exact) mass is 464 g/mol. The van der Waals surface area contributed by atoms with E-state index < -0.39 is 10.0 Å². The fourth-order valence-corrected chi connectivity index (χ4v) is 3.50. The topological polar surface area (TPSA) is 106 Å². The molecule has 0 aliphatic rings. The van der Waals surface area contributed by atoms with Crippen LogP contribution in [0.15, 0.2) is 63.1 Å². The molecule has 0 bridgehead atoms. The number of rotatable bonds is 7. The summed E-state index contributed by atoms with van der Waals surface area (Å²) in [4.78, 5) is 2.30. The van der Waals surface area contributed by atoms with Gasteiger partial charge in [0.05, 0.1) is 37.2 Å². The van der Waals surface area contributed by atoms with Gasteiger partial charge >= 0.3 is 0 Å². The maximum absolute atomic E-state index is 12.3. The number of benzene rings is 2. The van der Waals surface area contributed by atoms with Crippen LogP contribution in [0, 0.1) is 0 Å². The van der Waals surface area contributed by atoms with E-state index in [0.717, 1.165) is 10.0 Å². The predicted octanol–water partition coefficient (Wildman–Crippen LogP) is 3.17. The molecule has 0 atom stereocenters. The quantitative estimate of drug-likeness (QED) is 0.412. The van der Waals surface area contributed by atoms with Crippen molar-refractivity contribution in [3.05, 3.63) is 58.7 Å². The van der Waals surface area contributed by atoms with Gasteiger partial charge in [-0.15, -0.1) is 0 Å². The van der Waals surface area contributed by atoms with E-state index in [1.165, 1.54) is 18.3 Å². The third kappa shape index (κ3) is 4.34. The molecule has 2 aromatic carbocycles. The summed E-state index contributed by atoms with van der Waals surface area (Å²) in [6.07, 6.45) is 2.93. The Kier molecular flexibility index (Phi) is 6.00. The summed E-state index contributed by atoms with van der Waals surface area (Å²) in [5.74, 6) is 1.16. The molecule has 10 heteroatoms. The zero-order valence-corrected chi connectivity index (χ0v) is 17.4. The molecule has 0 saturated carbocycles. The molecule has 0 aliphatic carbocycles. The molecule has 146 valence electrons. The molecule has 0 saturated heterocycles. The van der Waals surface area contributed by atoms with Crippen LogP contribution in [-0.4, -0.2) is 39.0 Å². The molecule has 8 nitrogen and oxygen atoms in total.